The lowest BCUT2D eigenvalue weighted by Gasteiger charge is -2.04. The number of nitrogens with one attached hydrogen (secondary N) is 2. The number of fused-ring (bicyclic) bond motifs is 1. The van der Waals surface area contributed by atoms with Crippen LogP contribution in [0.25, 0.3) is 21.5 Å². The van der Waals surface area contributed by atoms with Crippen molar-refractivity contribution in [2.45, 2.75) is 6.42 Å². The number of rotatable bonds is 4. The second kappa shape index (κ2) is 6.66. The van der Waals surface area contributed by atoms with E-state index >= 15 is 0 Å². The molecule has 2 heterocycles. The molecule has 0 aliphatic carbocycles. The Hall–Kier alpha value is -2.70. The van der Waals surface area contributed by atoms with Crippen molar-refractivity contribution in [3.63, 3.8) is 0 Å². The highest BCUT2D eigenvalue weighted by Crippen LogP contribution is 2.30. The number of thiazole rings is 1. The van der Waals surface area contributed by atoms with Gasteiger partial charge >= 0.3 is 0 Å². The summed E-state index contributed by atoms with van der Waals surface area (Å²) in [6.07, 6.45) is 1.94. The van der Waals surface area contributed by atoms with Crippen LogP contribution in [0.15, 0.2) is 54.0 Å². The van der Waals surface area contributed by atoms with Crippen LogP contribution in [-0.2, 0) is 11.2 Å². The molecule has 0 atom stereocenters. The molecule has 0 bridgehead atoms. The molecule has 0 radical (unpaired) electrons. The second-order valence-electron chi connectivity index (χ2n) is 5.52. The Morgan fingerprint density at radius 3 is 3.00 bits per heavy atom. The van der Waals surface area contributed by atoms with Gasteiger partial charge in [0.25, 0.3) is 0 Å². The molecule has 25 heavy (non-hydrogen) atoms. The van der Waals surface area contributed by atoms with Gasteiger partial charge in [-0.25, -0.2) is 4.98 Å². The van der Waals surface area contributed by atoms with Crippen LogP contribution in [0, 0.1) is 0 Å². The third kappa shape index (κ3) is 3.40. The van der Waals surface area contributed by atoms with Crippen LogP contribution in [0.3, 0.4) is 0 Å². The first-order chi connectivity index (χ1) is 12.2. The third-order valence-electron chi connectivity index (χ3n) is 3.72. The molecule has 0 unspecified atom stereocenters. The first-order valence-electron chi connectivity index (χ1n) is 7.61. The summed E-state index contributed by atoms with van der Waals surface area (Å²) in [4.78, 5) is 16.8. The number of H-pyrrole nitrogens is 1. The van der Waals surface area contributed by atoms with Crippen molar-refractivity contribution >= 4 is 45.4 Å². The van der Waals surface area contributed by atoms with Crippen LogP contribution >= 0.6 is 22.9 Å². The number of aromatic nitrogens is 3. The Labute approximate surface area is 152 Å². The van der Waals surface area contributed by atoms with Crippen molar-refractivity contribution in [1.82, 2.24) is 15.2 Å². The molecule has 0 aliphatic heterocycles. The lowest BCUT2D eigenvalue weighted by Crippen LogP contribution is -2.14. The van der Waals surface area contributed by atoms with E-state index in [-0.39, 0.29) is 12.3 Å². The van der Waals surface area contributed by atoms with E-state index in [0.717, 1.165) is 32.9 Å². The van der Waals surface area contributed by atoms with Gasteiger partial charge in [0.15, 0.2) is 0 Å². The molecule has 7 heteroatoms. The maximum Gasteiger partial charge on any atom is 0.230 e. The average molecular weight is 369 g/mol. The maximum absolute atomic E-state index is 12.3. The fraction of sp³-hybridized carbons (Fsp3) is 0.0556. The minimum Gasteiger partial charge on any atom is -0.326 e. The zero-order chi connectivity index (χ0) is 17.2. The summed E-state index contributed by atoms with van der Waals surface area (Å²) in [7, 11) is 0. The molecule has 1 amide bonds. The number of halogens is 1. The summed E-state index contributed by atoms with van der Waals surface area (Å²) in [6.45, 7) is 0. The Morgan fingerprint density at radius 1 is 1.24 bits per heavy atom. The van der Waals surface area contributed by atoms with E-state index in [1.165, 1.54) is 11.3 Å². The molecule has 2 aromatic heterocycles. The smallest absolute Gasteiger partial charge is 0.230 e. The van der Waals surface area contributed by atoms with Crippen LogP contribution in [-0.4, -0.2) is 21.1 Å². The zero-order valence-corrected chi connectivity index (χ0v) is 14.6. The molecule has 2 aromatic carbocycles. The van der Waals surface area contributed by atoms with Crippen molar-refractivity contribution < 1.29 is 4.79 Å². The molecule has 4 rings (SSSR count). The minimum atomic E-state index is -0.112. The molecule has 2 N–H and O–H groups in total. The number of nitrogens with zero attached hydrogens (tertiary/aromatic N) is 2. The number of carbonyl (C=O) groups is 1. The SMILES string of the molecule is O=C(Cc1csc(-c2ccccc2Cl)n1)Nc1ccc2[nH]ncc2c1. The number of anilines is 1. The lowest BCUT2D eigenvalue weighted by atomic mass is 10.2. The number of hydrogen-bond acceptors (Lipinski definition) is 4. The Morgan fingerprint density at radius 2 is 2.12 bits per heavy atom. The molecule has 0 spiro atoms. The third-order valence-corrected chi connectivity index (χ3v) is 4.98. The van der Waals surface area contributed by atoms with E-state index in [2.05, 4.69) is 20.5 Å². The van der Waals surface area contributed by atoms with Crippen molar-refractivity contribution in [1.29, 1.82) is 0 Å². The van der Waals surface area contributed by atoms with Gasteiger partial charge in [-0.3, -0.25) is 9.89 Å². The summed E-state index contributed by atoms with van der Waals surface area (Å²) >= 11 is 7.68. The van der Waals surface area contributed by atoms with E-state index in [1.807, 2.05) is 47.8 Å². The minimum absolute atomic E-state index is 0.112. The predicted octanol–water partition coefficient (Wildman–Crippen LogP) is 4.52. The van der Waals surface area contributed by atoms with Gasteiger partial charge < -0.3 is 5.32 Å². The molecule has 0 aliphatic rings. The zero-order valence-electron chi connectivity index (χ0n) is 13.0. The van der Waals surface area contributed by atoms with Gasteiger partial charge in [0.1, 0.15) is 5.01 Å². The summed E-state index contributed by atoms with van der Waals surface area (Å²) in [5.41, 5.74) is 3.27. The van der Waals surface area contributed by atoms with Gasteiger partial charge in [-0.15, -0.1) is 11.3 Å². The molecule has 0 fully saturated rings. The van der Waals surface area contributed by atoms with Gasteiger partial charge in [-0.05, 0) is 24.3 Å². The van der Waals surface area contributed by atoms with E-state index in [4.69, 9.17) is 11.6 Å². The van der Waals surface area contributed by atoms with Gasteiger partial charge in [-0.2, -0.15) is 5.10 Å². The van der Waals surface area contributed by atoms with Crippen molar-refractivity contribution in [3.05, 3.63) is 64.8 Å². The monoisotopic (exact) mass is 368 g/mol. The standard InChI is InChI=1S/C18H13ClN4OS/c19-15-4-2-1-3-14(15)18-22-13(10-25-18)8-17(24)21-12-5-6-16-11(7-12)9-20-23-16/h1-7,9-10H,8H2,(H,20,23)(H,21,24). The molecule has 124 valence electrons. The summed E-state index contributed by atoms with van der Waals surface area (Å²) < 4.78 is 0. The lowest BCUT2D eigenvalue weighted by molar-refractivity contribution is -0.115. The first-order valence-corrected chi connectivity index (χ1v) is 8.87. The van der Waals surface area contributed by atoms with E-state index in [0.29, 0.717) is 5.02 Å². The summed E-state index contributed by atoms with van der Waals surface area (Å²) in [5.74, 6) is -0.112. The topological polar surface area (TPSA) is 70.7 Å². The van der Waals surface area contributed by atoms with Crippen molar-refractivity contribution in [2.24, 2.45) is 0 Å². The fourth-order valence-electron chi connectivity index (χ4n) is 2.54. The van der Waals surface area contributed by atoms with Crippen LogP contribution in [0.4, 0.5) is 5.69 Å². The number of amides is 1. The molecule has 5 nitrogen and oxygen atoms in total. The van der Waals surface area contributed by atoms with E-state index in [1.54, 1.807) is 6.20 Å². The largest absolute Gasteiger partial charge is 0.326 e. The number of carbonyl (C=O) groups excluding carboxylic acids is 1. The van der Waals surface area contributed by atoms with Crippen LogP contribution in [0.1, 0.15) is 5.69 Å². The Kier molecular flexibility index (Phi) is 4.21. The molecule has 4 aromatic rings. The number of aromatic amines is 1. The fourth-order valence-corrected chi connectivity index (χ4v) is 3.68. The van der Waals surface area contributed by atoms with Crippen molar-refractivity contribution in [3.8, 4) is 10.6 Å². The Balaban J connectivity index is 1.47. The van der Waals surface area contributed by atoms with Crippen molar-refractivity contribution in [2.75, 3.05) is 5.32 Å². The van der Waals surface area contributed by atoms with Crippen LogP contribution in [0.5, 0.6) is 0 Å². The molecular formula is C18H13ClN4OS. The summed E-state index contributed by atoms with van der Waals surface area (Å²) in [5, 5.41) is 14.0. The van der Waals surface area contributed by atoms with Gasteiger partial charge in [0.2, 0.25) is 5.91 Å². The molecule has 0 saturated carbocycles. The van der Waals surface area contributed by atoms with Gasteiger partial charge in [0, 0.05) is 22.0 Å². The quantitative estimate of drug-likeness (QED) is 0.556. The highest BCUT2D eigenvalue weighted by Gasteiger charge is 2.11. The predicted molar refractivity (Wildman–Crippen MR) is 101 cm³/mol. The molecule has 0 saturated heterocycles. The van der Waals surface area contributed by atoms with Gasteiger partial charge in [-0.1, -0.05) is 29.8 Å². The van der Waals surface area contributed by atoms with Crippen LogP contribution in [0.2, 0.25) is 5.02 Å². The normalized spacial score (nSPS) is 10.9. The highest BCUT2D eigenvalue weighted by atomic mass is 35.5. The summed E-state index contributed by atoms with van der Waals surface area (Å²) in [6, 6.07) is 13.2. The maximum atomic E-state index is 12.3. The first kappa shape index (κ1) is 15.8. The number of hydrogen-bond donors (Lipinski definition) is 2. The second-order valence-corrected chi connectivity index (χ2v) is 6.79. The Bertz CT molecular complexity index is 1060. The average Bonchev–Trinajstić information content (AvgIpc) is 3.24. The molecular weight excluding hydrogens is 356 g/mol. The number of benzene rings is 2. The van der Waals surface area contributed by atoms with Gasteiger partial charge in [0.05, 0.1) is 28.9 Å². The van der Waals surface area contributed by atoms with Crippen LogP contribution < -0.4 is 5.32 Å². The van der Waals surface area contributed by atoms with E-state index in [9.17, 15) is 4.79 Å². The highest BCUT2D eigenvalue weighted by molar-refractivity contribution is 7.13. The van der Waals surface area contributed by atoms with E-state index < -0.39 is 0 Å².